The smallest absolute Gasteiger partial charge is 0.0620 e. The fourth-order valence-corrected chi connectivity index (χ4v) is 1.12. The molecule has 0 saturated carbocycles. The zero-order valence-electron chi connectivity index (χ0n) is 7.47. The molecule has 0 fully saturated rings. The highest BCUT2D eigenvalue weighted by Crippen LogP contribution is 2.26. The van der Waals surface area contributed by atoms with Crippen LogP contribution in [0, 0.1) is 11.3 Å². The number of rotatable bonds is 2. The van der Waals surface area contributed by atoms with Crippen LogP contribution in [0.3, 0.4) is 0 Å². The first-order valence-electron chi connectivity index (χ1n) is 3.62. The summed E-state index contributed by atoms with van der Waals surface area (Å²) >= 11 is 0. The highest BCUT2D eigenvalue weighted by atomic mass is 28.1. The van der Waals surface area contributed by atoms with E-state index in [0.29, 0.717) is 5.92 Å². The molecule has 0 aromatic rings. The van der Waals surface area contributed by atoms with E-state index in [-0.39, 0.29) is 5.41 Å². The van der Waals surface area contributed by atoms with Gasteiger partial charge in [0.25, 0.3) is 0 Å². The molecule has 0 amide bonds. The first-order chi connectivity index (χ1) is 4.42. The summed E-state index contributed by atoms with van der Waals surface area (Å²) in [5.41, 5.74) is 0.0704. The van der Waals surface area contributed by atoms with Crippen molar-refractivity contribution < 1.29 is 5.21 Å². The van der Waals surface area contributed by atoms with Crippen molar-refractivity contribution in [1.82, 2.24) is 0 Å². The molecule has 1 N–H and O–H groups in total. The minimum absolute atomic E-state index is 0.0704. The van der Waals surface area contributed by atoms with Crippen molar-refractivity contribution in [2.45, 2.75) is 27.7 Å². The van der Waals surface area contributed by atoms with Crippen LogP contribution in [-0.4, -0.2) is 20.8 Å². The van der Waals surface area contributed by atoms with Crippen LogP contribution in [0.25, 0.3) is 0 Å². The summed E-state index contributed by atoms with van der Waals surface area (Å²) in [6.45, 7) is 8.51. The summed E-state index contributed by atoms with van der Waals surface area (Å²) in [5, 5.41) is 12.7. The Morgan fingerprint density at radius 2 is 1.90 bits per heavy atom. The van der Waals surface area contributed by atoms with Gasteiger partial charge in [0.15, 0.2) is 0 Å². The SMILES string of the molecule is CC(C)C(C)(C)C([SiH3])=NO. The molecule has 0 unspecified atom stereocenters. The van der Waals surface area contributed by atoms with Gasteiger partial charge in [0.1, 0.15) is 0 Å². The molecule has 0 heterocycles. The van der Waals surface area contributed by atoms with Crippen molar-refractivity contribution in [2.75, 3.05) is 0 Å². The van der Waals surface area contributed by atoms with Crippen LogP contribution in [0.2, 0.25) is 0 Å². The molecular formula is C7H17NOSi. The van der Waals surface area contributed by atoms with Gasteiger partial charge in [-0.1, -0.05) is 27.7 Å². The van der Waals surface area contributed by atoms with Gasteiger partial charge in [0, 0.05) is 10.7 Å². The first kappa shape index (κ1) is 9.69. The van der Waals surface area contributed by atoms with E-state index in [4.69, 9.17) is 5.21 Å². The Bertz CT molecular complexity index is 141. The van der Waals surface area contributed by atoms with Gasteiger partial charge in [-0.05, 0) is 5.92 Å². The zero-order chi connectivity index (χ0) is 8.36. The second-order valence-corrected chi connectivity index (χ2v) is 4.51. The molecule has 0 rings (SSSR count). The second-order valence-electron chi connectivity index (χ2n) is 3.56. The molecule has 0 saturated heterocycles. The monoisotopic (exact) mass is 159 g/mol. The molecule has 2 nitrogen and oxygen atoms in total. The van der Waals surface area contributed by atoms with Crippen molar-refractivity contribution in [3.05, 3.63) is 0 Å². The van der Waals surface area contributed by atoms with E-state index in [1.807, 2.05) is 0 Å². The van der Waals surface area contributed by atoms with Crippen molar-refractivity contribution >= 4 is 15.6 Å². The van der Waals surface area contributed by atoms with E-state index < -0.39 is 0 Å². The van der Waals surface area contributed by atoms with Crippen LogP contribution in [0.5, 0.6) is 0 Å². The number of nitrogens with zero attached hydrogens (tertiary/aromatic N) is 1. The average Bonchev–Trinajstić information content (AvgIpc) is 1.86. The molecule has 0 aliphatic rings. The van der Waals surface area contributed by atoms with Gasteiger partial charge in [-0.25, -0.2) is 0 Å². The van der Waals surface area contributed by atoms with Crippen molar-refractivity contribution in [1.29, 1.82) is 0 Å². The molecule has 0 aliphatic heterocycles. The Morgan fingerprint density at radius 1 is 1.50 bits per heavy atom. The molecule has 0 bridgehead atoms. The maximum absolute atomic E-state index is 8.54. The van der Waals surface area contributed by atoms with Crippen LogP contribution in [0.1, 0.15) is 27.7 Å². The lowest BCUT2D eigenvalue weighted by atomic mass is 9.82. The third-order valence-electron chi connectivity index (χ3n) is 2.53. The van der Waals surface area contributed by atoms with E-state index in [9.17, 15) is 0 Å². The van der Waals surface area contributed by atoms with Crippen LogP contribution >= 0.6 is 0 Å². The molecule has 3 heteroatoms. The average molecular weight is 159 g/mol. The summed E-state index contributed by atoms with van der Waals surface area (Å²) < 4.78 is 0. The predicted molar refractivity (Wildman–Crippen MR) is 47.8 cm³/mol. The van der Waals surface area contributed by atoms with Crippen LogP contribution in [0.15, 0.2) is 5.16 Å². The summed E-state index contributed by atoms with van der Waals surface area (Å²) in [6.07, 6.45) is 0. The summed E-state index contributed by atoms with van der Waals surface area (Å²) in [4.78, 5) is 0. The molecular weight excluding hydrogens is 142 g/mol. The molecule has 60 valence electrons. The molecule has 0 atom stereocenters. The first-order valence-corrected chi connectivity index (χ1v) is 4.62. The van der Waals surface area contributed by atoms with Crippen LogP contribution in [0.4, 0.5) is 0 Å². The van der Waals surface area contributed by atoms with E-state index in [1.165, 1.54) is 0 Å². The maximum atomic E-state index is 8.54. The lowest BCUT2D eigenvalue weighted by molar-refractivity contribution is 0.297. The van der Waals surface area contributed by atoms with Gasteiger partial charge in [-0.15, -0.1) is 5.16 Å². The maximum Gasteiger partial charge on any atom is 0.0620 e. The number of oxime groups is 1. The largest absolute Gasteiger partial charge is 0.411 e. The Kier molecular flexibility index (Phi) is 3.09. The summed E-state index contributed by atoms with van der Waals surface area (Å²) in [7, 11) is 0.846. The minimum atomic E-state index is 0.0704. The van der Waals surface area contributed by atoms with Crippen molar-refractivity contribution in [3.8, 4) is 0 Å². The van der Waals surface area contributed by atoms with Crippen molar-refractivity contribution in [2.24, 2.45) is 16.5 Å². The standard InChI is InChI=1S/C7H17NOSi/c1-5(2)7(3,4)6(10)8-9/h5,9H,1-4,10H3. The lowest BCUT2D eigenvalue weighted by Crippen LogP contribution is -2.30. The highest BCUT2D eigenvalue weighted by Gasteiger charge is 2.25. The zero-order valence-corrected chi connectivity index (χ0v) is 9.47. The fraction of sp³-hybridized carbons (Fsp3) is 0.857. The number of hydrogen-bond acceptors (Lipinski definition) is 2. The van der Waals surface area contributed by atoms with E-state index >= 15 is 0 Å². The van der Waals surface area contributed by atoms with Gasteiger partial charge in [-0.2, -0.15) is 0 Å². The molecule has 0 aromatic carbocycles. The second kappa shape index (κ2) is 3.19. The van der Waals surface area contributed by atoms with E-state index in [0.717, 1.165) is 15.6 Å². The summed E-state index contributed by atoms with van der Waals surface area (Å²) in [5.74, 6) is 0.538. The Hall–Kier alpha value is -0.313. The van der Waals surface area contributed by atoms with Crippen LogP contribution < -0.4 is 0 Å². The quantitative estimate of drug-likeness (QED) is 0.275. The fourth-order valence-electron chi connectivity index (χ4n) is 0.547. The summed E-state index contributed by atoms with van der Waals surface area (Å²) in [6, 6.07) is 0. The molecule has 0 spiro atoms. The van der Waals surface area contributed by atoms with Gasteiger partial charge in [0.2, 0.25) is 0 Å². The topological polar surface area (TPSA) is 32.6 Å². The molecule has 0 aromatic heterocycles. The predicted octanol–water partition coefficient (Wildman–Crippen LogP) is 0.822. The van der Waals surface area contributed by atoms with Crippen LogP contribution in [-0.2, 0) is 0 Å². The minimum Gasteiger partial charge on any atom is -0.411 e. The van der Waals surface area contributed by atoms with Gasteiger partial charge >= 0.3 is 0 Å². The highest BCUT2D eigenvalue weighted by molar-refractivity contribution is 6.60. The Morgan fingerprint density at radius 3 is 2.00 bits per heavy atom. The van der Waals surface area contributed by atoms with Gasteiger partial charge in [0.05, 0.1) is 10.2 Å². The molecule has 10 heavy (non-hydrogen) atoms. The molecule has 0 aliphatic carbocycles. The Balaban J connectivity index is 4.40. The third-order valence-corrected chi connectivity index (χ3v) is 4.01. The number of hydrogen-bond donors (Lipinski definition) is 1. The van der Waals surface area contributed by atoms with Crippen molar-refractivity contribution in [3.63, 3.8) is 0 Å². The Labute approximate surface area is 65.7 Å². The third kappa shape index (κ3) is 1.83. The lowest BCUT2D eigenvalue weighted by Gasteiger charge is -2.28. The van der Waals surface area contributed by atoms with E-state index in [2.05, 4.69) is 32.9 Å². The van der Waals surface area contributed by atoms with E-state index in [1.54, 1.807) is 0 Å². The normalized spacial score (nSPS) is 14.7. The van der Waals surface area contributed by atoms with Gasteiger partial charge < -0.3 is 5.21 Å². The van der Waals surface area contributed by atoms with Gasteiger partial charge in [-0.3, -0.25) is 0 Å². The molecule has 0 radical (unpaired) electrons.